The molecule has 0 N–H and O–H groups in total. The van der Waals surface area contributed by atoms with Gasteiger partial charge in [-0.2, -0.15) is 10.2 Å². The third kappa shape index (κ3) is 2.73. The summed E-state index contributed by atoms with van der Waals surface area (Å²) in [4.78, 5) is 2.48. The highest BCUT2D eigenvalue weighted by molar-refractivity contribution is 7.99. The lowest BCUT2D eigenvalue weighted by atomic mass is 10.2. The summed E-state index contributed by atoms with van der Waals surface area (Å²) < 4.78 is 8.73. The molecule has 0 bridgehead atoms. The summed E-state index contributed by atoms with van der Waals surface area (Å²) in [5, 5.41) is 14.5. The van der Waals surface area contributed by atoms with E-state index in [0.29, 0.717) is 0 Å². The van der Waals surface area contributed by atoms with Crippen LogP contribution in [-0.4, -0.2) is 28.4 Å². The predicted octanol–water partition coefficient (Wildman–Crippen LogP) is 8.20. The van der Waals surface area contributed by atoms with Crippen molar-refractivity contribution in [1.82, 2.24) is 28.4 Å². The smallest absolute Gasteiger partial charge is 0.100 e. The van der Waals surface area contributed by atoms with Gasteiger partial charge in [0.05, 0.1) is 45.8 Å². The van der Waals surface area contributed by atoms with E-state index in [9.17, 15) is 0 Å². The maximum Gasteiger partial charge on any atom is 0.100 e. The average molecular weight is 545 g/mol. The van der Waals surface area contributed by atoms with Crippen LogP contribution in [0.5, 0.6) is 0 Å². The second-order valence-electron chi connectivity index (χ2n) is 10.5. The number of hydrogen-bond acceptors (Lipinski definition) is 3. The van der Waals surface area contributed by atoms with E-state index in [1.807, 2.05) is 36.3 Å². The Morgan fingerprint density at radius 1 is 0.439 bits per heavy atom. The Balaban J connectivity index is 1.15. The van der Waals surface area contributed by atoms with Crippen molar-refractivity contribution >= 4 is 66.4 Å². The summed E-state index contributed by atoms with van der Waals surface area (Å²) in [6.07, 6.45) is 8.52. The molecule has 192 valence electrons. The van der Waals surface area contributed by atoms with Crippen LogP contribution in [0, 0.1) is 0 Å². The van der Waals surface area contributed by atoms with Gasteiger partial charge >= 0.3 is 0 Å². The Hall–Kier alpha value is -5.27. The van der Waals surface area contributed by atoms with Crippen LogP contribution >= 0.6 is 11.8 Å². The zero-order chi connectivity index (χ0) is 26.7. The third-order valence-electron chi connectivity index (χ3n) is 8.33. The minimum atomic E-state index is 1.07. The summed E-state index contributed by atoms with van der Waals surface area (Å²) >= 11 is 1.83. The molecule has 6 nitrogen and oxygen atoms in total. The van der Waals surface area contributed by atoms with Crippen LogP contribution in [0.1, 0.15) is 0 Å². The molecule has 0 spiro atoms. The zero-order valence-electron chi connectivity index (χ0n) is 21.6. The number of hydrogen-bond donors (Lipinski definition) is 0. The highest BCUT2D eigenvalue weighted by Crippen LogP contribution is 2.45. The van der Waals surface area contributed by atoms with Crippen molar-refractivity contribution in [3.8, 4) is 11.4 Å². The SMILES string of the molecule is c1ccc(-n2ncc3c2c2cccc4c(Sc5cn6c7cnn(-c8ccccc8)c7c7cccc5c76)cn3c42)cc1. The van der Waals surface area contributed by atoms with Gasteiger partial charge in [0, 0.05) is 43.7 Å². The maximum atomic E-state index is 4.77. The molecule has 41 heavy (non-hydrogen) atoms. The second kappa shape index (κ2) is 7.68. The Labute approximate surface area is 237 Å². The molecule has 10 aromatic rings. The Bertz CT molecular complexity index is 2370. The van der Waals surface area contributed by atoms with Gasteiger partial charge in [-0.25, -0.2) is 9.36 Å². The molecule has 4 aromatic carbocycles. The molecule has 0 unspecified atom stereocenters. The fourth-order valence-electron chi connectivity index (χ4n) is 6.62. The van der Waals surface area contributed by atoms with Gasteiger partial charge in [-0.3, -0.25) is 0 Å². The van der Waals surface area contributed by atoms with E-state index in [2.05, 4.69) is 115 Å². The van der Waals surface area contributed by atoms with Crippen LogP contribution in [0.15, 0.2) is 132 Å². The Kier molecular flexibility index (Phi) is 4.03. The molecule has 0 aliphatic heterocycles. The number of benzene rings is 4. The molecule has 0 fully saturated rings. The molecule has 0 aliphatic rings. The van der Waals surface area contributed by atoms with Gasteiger partial charge in [-0.15, -0.1) is 0 Å². The van der Waals surface area contributed by atoms with Gasteiger partial charge in [-0.1, -0.05) is 84.6 Å². The lowest BCUT2D eigenvalue weighted by molar-refractivity contribution is 0.913. The van der Waals surface area contributed by atoms with Crippen molar-refractivity contribution in [2.75, 3.05) is 0 Å². The van der Waals surface area contributed by atoms with Crippen molar-refractivity contribution in [3.05, 3.63) is 122 Å². The Morgan fingerprint density at radius 2 is 0.878 bits per heavy atom. The first-order valence-electron chi connectivity index (χ1n) is 13.6. The molecule has 6 aromatic heterocycles. The van der Waals surface area contributed by atoms with Crippen LogP contribution in [-0.2, 0) is 0 Å². The number of rotatable bonds is 4. The van der Waals surface area contributed by atoms with E-state index >= 15 is 0 Å². The van der Waals surface area contributed by atoms with Gasteiger partial charge < -0.3 is 8.80 Å². The fraction of sp³-hybridized carbons (Fsp3) is 0. The van der Waals surface area contributed by atoms with Crippen molar-refractivity contribution in [2.45, 2.75) is 9.79 Å². The predicted molar refractivity (Wildman–Crippen MR) is 166 cm³/mol. The minimum Gasteiger partial charge on any atom is -0.311 e. The van der Waals surface area contributed by atoms with Gasteiger partial charge in [-0.05, 0) is 24.3 Å². The summed E-state index contributed by atoms with van der Waals surface area (Å²) in [6, 6.07) is 33.9. The standard InChI is InChI=1S/C34H20N6S/c1-3-9-21(10-4-1)39-33-25-15-7-13-23-29(19-37(31(23)25)27(33)17-35-39)41-30-20-38-28-18-36-40(22-11-5-2-6-12-22)34(28)26-16-8-14-24(30)32(26)38/h1-20H. The monoisotopic (exact) mass is 544 g/mol. The first-order chi connectivity index (χ1) is 20.3. The lowest BCUT2D eigenvalue weighted by Crippen LogP contribution is -1.94. The number of fused-ring (bicyclic) bond motifs is 6. The molecule has 0 aliphatic carbocycles. The van der Waals surface area contributed by atoms with E-state index < -0.39 is 0 Å². The van der Waals surface area contributed by atoms with Crippen molar-refractivity contribution < 1.29 is 0 Å². The van der Waals surface area contributed by atoms with Crippen LogP contribution in [0.25, 0.3) is 66.0 Å². The molecule has 0 radical (unpaired) electrons. The minimum absolute atomic E-state index is 1.07. The van der Waals surface area contributed by atoms with E-state index in [4.69, 9.17) is 10.2 Å². The quantitative estimate of drug-likeness (QED) is 0.224. The molecule has 0 atom stereocenters. The molecule has 0 saturated heterocycles. The zero-order valence-corrected chi connectivity index (χ0v) is 22.5. The number of nitrogens with zero attached hydrogens (tertiary/aromatic N) is 6. The highest BCUT2D eigenvalue weighted by atomic mass is 32.2. The van der Waals surface area contributed by atoms with Crippen LogP contribution in [0.2, 0.25) is 0 Å². The fourth-order valence-corrected chi connectivity index (χ4v) is 7.72. The van der Waals surface area contributed by atoms with Crippen molar-refractivity contribution in [2.24, 2.45) is 0 Å². The molecule has 6 heterocycles. The van der Waals surface area contributed by atoms with Crippen molar-refractivity contribution in [3.63, 3.8) is 0 Å². The Morgan fingerprint density at radius 3 is 1.34 bits per heavy atom. The van der Waals surface area contributed by atoms with E-state index in [-0.39, 0.29) is 0 Å². The molecular weight excluding hydrogens is 524 g/mol. The lowest BCUT2D eigenvalue weighted by Gasteiger charge is -2.04. The summed E-state index contributed by atoms with van der Waals surface area (Å²) in [7, 11) is 0. The van der Waals surface area contributed by atoms with Crippen LogP contribution in [0.3, 0.4) is 0 Å². The highest BCUT2D eigenvalue weighted by Gasteiger charge is 2.23. The van der Waals surface area contributed by atoms with E-state index in [1.54, 1.807) is 0 Å². The maximum absolute atomic E-state index is 4.77. The van der Waals surface area contributed by atoms with Gasteiger partial charge in [0.25, 0.3) is 0 Å². The first-order valence-corrected chi connectivity index (χ1v) is 14.4. The summed E-state index contributed by atoms with van der Waals surface area (Å²) in [5.74, 6) is 0. The molecule has 0 saturated carbocycles. The largest absolute Gasteiger partial charge is 0.311 e. The van der Waals surface area contributed by atoms with Gasteiger partial charge in [0.15, 0.2) is 0 Å². The molecule has 0 amide bonds. The number of aromatic nitrogens is 6. The third-order valence-corrected chi connectivity index (χ3v) is 9.42. The van der Waals surface area contributed by atoms with Crippen molar-refractivity contribution in [1.29, 1.82) is 0 Å². The molecule has 7 heteroatoms. The van der Waals surface area contributed by atoms with Gasteiger partial charge in [0.1, 0.15) is 11.0 Å². The number of para-hydroxylation sites is 4. The summed E-state index contributed by atoms with van der Waals surface area (Å²) in [6.45, 7) is 0. The topological polar surface area (TPSA) is 44.5 Å². The summed E-state index contributed by atoms with van der Waals surface area (Å²) in [5.41, 5.74) is 9.16. The van der Waals surface area contributed by atoms with E-state index in [1.165, 1.54) is 42.4 Å². The van der Waals surface area contributed by atoms with Crippen LogP contribution in [0.4, 0.5) is 0 Å². The first kappa shape index (κ1) is 21.5. The molecular formula is C34H20N6S. The van der Waals surface area contributed by atoms with E-state index in [0.717, 1.165) is 33.4 Å². The molecule has 10 rings (SSSR count). The van der Waals surface area contributed by atoms with Crippen LogP contribution < -0.4 is 0 Å². The second-order valence-corrected chi connectivity index (χ2v) is 11.6. The average Bonchev–Trinajstić information content (AvgIpc) is 3.85. The normalized spacial score (nSPS) is 12.5. The van der Waals surface area contributed by atoms with Gasteiger partial charge in [0.2, 0.25) is 0 Å².